The maximum Gasteiger partial charge on any atom is 0.263 e. The van der Waals surface area contributed by atoms with Crippen LogP contribution in [0.15, 0.2) is 65.6 Å². The van der Waals surface area contributed by atoms with Crippen molar-refractivity contribution in [2.45, 2.75) is 25.3 Å². The topological polar surface area (TPSA) is 93.2 Å². The van der Waals surface area contributed by atoms with Gasteiger partial charge in [-0.3, -0.25) is 4.72 Å². The molecule has 8 heteroatoms. The highest BCUT2D eigenvalue weighted by molar-refractivity contribution is 7.92. The van der Waals surface area contributed by atoms with Crippen LogP contribution in [0.4, 0.5) is 11.6 Å². The summed E-state index contributed by atoms with van der Waals surface area (Å²) in [5.74, 6) is 1.32. The zero-order valence-electron chi connectivity index (χ0n) is 15.7. The molecule has 7 nitrogen and oxygen atoms in total. The molecule has 0 spiro atoms. The molecule has 0 saturated carbocycles. The van der Waals surface area contributed by atoms with Gasteiger partial charge in [-0.1, -0.05) is 29.8 Å². The second kappa shape index (κ2) is 8.71. The van der Waals surface area contributed by atoms with Crippen LogP contribution >= 0.6 is 0 Å². The lowest BCUT2D eigenvalue weighted by Crippen LogP contribution is -2.14. The molecule has 0 fully saturated rings. The largest absolute Gasteiger partial charge is 0.494 e. The quantitative estimate of drug-likeness (QED) is 0.602. The van der Waals surface area contributed by atoms with E-state index in [2.05, 4.69) is 26.3 Å². The Labute approximate surface area is 164 Å². The molecule has 0 bridgehead atoms. The molecule has 2 N–H and O–H groups in total. The molecule has 0 unspecified atom stereocenters. The van der Waals surface area contributed by atoms with E-state index in [1.165, 1.54) is 17.7 Å². The minimum atomic E-state index is -3.75. The highest BCUT2D eigenvalue weighted by atomic mass is 32.2. The Morgan fingerprint density at radius 2 is 1.68 bits per heavy atom. The average molecular weight is 398 g/mol. The first-order chi connectivity index (χ1) is 13.5. The number of sulfonamides is 1. The van der Waals surface area contributed by atoms with Crippen molar-refractivity contribution < 1.29 is 13.2 Å². The first-order valence-electron chi connectivity index (χ1n) is 8.85. The summed E-state index contributed by atoms with van der Waals surface area (Å²) in [4.78, 5) is 0.124. The molecule has 2 aromatic carbocycles. The van der Waals surface area contributed by atoms with Crippen molar-refractivity contribution in [3.8, 4) is 5.75 Å². The monoisotopic (exact) mass is 398 g/mol. The number of rotatable bonds is 8. The highest BCUT2D eigenvalue weighted by Crippen LogP contribution is 2.18. The van der Waals surface area contributed by atoms with E-state index in [-0.39, 0.29) is 10.7 Å². The number of aromatic nitrogens is 2. The Balaban J connectivity index is 1.62. The van der Waals surface area contributed by atoms with E-state index in [9.17, 15) is 8.42 Å². The van der Waals surface area contributed by atoms with Crippen molar-refractivity contribution in [1.82, 2.24) is 10.2 Å². The Hall–Kier alpha value is -3.13. The van der Waals surface area contributed by atoms with E-state index in [4.69, 9.17) is 4.74 Å². The summed E-state index contributed by atoms with van der Waals surface area (Å²) in [5.41, 5.74) is 2.31. The molecule has 3 aromatic rings. The summed E-state index contributed by atoms with van der Waals surface area (Å²) in [7, 11) is -3.75. The molecule has 1 aromatic heterocycles. The minimum Gasteiger partial charge on any atom is -0.494 e. The van der Waals surface area contributed by atoms with Gasteiger partial charge in [0, 0.05) is 6.54 Å². The average Bonchev–Trinajstić information content (AvgIpc) is 2.68. The van der Waals surface area contributed by atoms with Crippen LogP contribution < -0.4 is 14.8 Å². The lowest BCUT2D eigenvalue weighted by atomic mass is 10.1. The van der Waals surface area contributed by atoms with Crippen LogP contribution in [0.2, 0.25) is 0 Å². The van der Waals surface area contributed by atoms with E-state index >= 15 is 0 Å². The molecular formula is C20H22N4O3S. The van der Waals surface area contributed by atoms with E-state index in [0.717, 1.165) is 5.56 Å². The minimum absolute atomic E-state index is 0.124. The summed E-state index contributed by atoms with van der Waals surface area (Å²) < 4.78 is 32.7. The molecule has 0 aliphatic carbocycles. The smallest absolute Gasteiger partial charge is 0.263 e. The van der Waals surface area contributed by atoms with E-state index in [0.29, 0.717) is 24.7 Å². The van der Waals surface area contributed by atoms with Crippen molar-refractivity contribution in [2.75, 3.05) is 16.6 Å². The third kappa shape index (κ3) is 5.20. The molecule has 0 atom stereocenters. The van der Waals surface area contributed by atoms with Crippen LogP contribution in [0.25, 0.3) is 0 Å². The fourth-order valence-electron chi connectivity index (χ4n) is 2.57. The van der Waals surface area contributed by atoms with Gasteiger partial charge in [-0.25, -0.2) is 8.42 Å². The number of ether oxygens (including phenoxy) is 1. The zero-order valence-corrected chi connectivity index (χ0v) is 16.5. The SMILES string of the molecule is CCOc1ccc(S(=O)(=O)Nc2ccc(NCc3cccc(C)c3)nn2)cc1. The lowest BCUT2D eigenvalue weighted by molar-refractivity contribution is 0.340. The summed E-state index contributed by atoms with van der Waals surface area (Å²) in [5, 5.41) is 11.1. The van der Waals surface area contributed by atoms with Gasteiger partial charge < -0.3 is 10.1 Å². The number of benzene rings is 2. The van der Waals surface area contributed by atoms with Crippen LogP contribution in [-0.4, -0.2) is 25.2 Å². The van der Waals surface area contributed by atoms with E-state index < -0.39 is 10.0 Å². The standard InChI is InChI=1S/C20H22N4O3S/c1-3-27-17-7-9-18(10-8-17)28(25,26)24-20-12-11-19(22-23-20)21-14-16-6-4-5-15(2)13-16/h4-13H,3,14H2,1-2H3,(H,21,22)(H,23,24). The number of hydrogen-bond donors (Lipinski definition) is 2. The van der Waals surface area contributed by atoms with Crippen LogP contribution in [0.1, 0.15) is 18.1 Å². The van der Waals surface area contributed by atoms with Crippen LogP contribution in [-0.2, 0) is 16.6 Å². The third-order valence-corrected chi connectivity index (χ3v) is 5.28. The number of nitrogens with zero attached hydrogens (tertiary/aromatic N) is 2. The van der Waals surface area contributed by atoms with Gasteiger partial charge in [-0.2, -0.15) is 0 Å². The molecular weight excluding hydrogens is 376 g/mol. The van der Waals surface area contributed by atoms with Gasteiger partial charge in [0.05, 0.1) is 11.5 Å². The van der Waals surface area contributed by atoms with Crippen molar-refractivity contribution in [1.29, 1.82) is 0 Å². The molecule has 146 valence electrons. The first-order valence-corrected chi connectivity index (χ1v) is 10.3. The molecule has 0 saturated heterocycles. The van der Waals surface area contributed by atoms with Crippen molar-refractivity contribution in [3.05, 3.63) is 71.8 Å². The molecule has 0 aliphatic rings. The van der Waals surface area contributed by atoms with Gasteiger partial charge >= 0.3 is 0 Å². The lowest BCUT2D eigenvalue weighted by Gasteiger charge is -2.09. The Kier molecular flexibility index (Phi) is 6.10. The summed E-state index contributed by atoms with van der Waals surface area (Å²) in [6.45, 7) is 5.02. The van der Waals surface area contributed by atoms with Gasteiger partial charge in [0.2, 0.25) is 0 Å². The normalized spacial score (nSPS) is 11.1. The number of aryl methyl sites for hydroxylation is 1. The maximum atomic E-state index is 12.5. The highest BCUT2D eigenvalue weighted by Gasteiger charge is 2.15. The Morgan fingerprint density at radius 3 is 2.32 bits per heavy atom. The molecule has 0 amide bonds. The van der Waals surface area contributed by atoms with Crippen LogP contribution in [0.3, 0.4) is 0 Å². The molecule has 0 radical (unpaired) electrons. The fraction of sp³-hybridized carbons (Fsp3) is 0.200. The predicted molar refractivity (Wildman–Crippen MR) is 109 cm³/mol. The van der Waals surface area contributed by atoms with Crippen LogP contribution in [0.5, 0.6) is 5.75 Å². The molecule has 0 aliphatic heterocycles. The van der Waals surface area contributed by atoms with Gasteiger partial charge in [-0.05, 0) is 55.8 Å². The molecule has 3 rings (SSSR count). The van der Waals surface area contributed by atoms with Crippen molar-refractivity contribution in [3.63, 3.8) is 0 Å². The number of anilines is 2. The third-order valence-electron chi connectivity index (χ3n) is 3.90. The van der Waals surface area contributed by atoms with Gasteiger partial charge in [0.15, 0.2) is 5.82 Å². The molecule has 1 heterocycles. The summed E-state index contributed by atoms with van der Waals surface area (Å²) in [6.07, 6.45) is 0. The number of nitrogens with one attached hydrogen (secondary N) is 2. The van der Waals surface area contributed by atoms with E-state index in [1.807, 2.05) is 32.0 Å². The summed E-state index contributed by atoms with van der Waals surface area (Å²) in [6, 6.07) is 17.6. The fourth-order valence-corrected chi connectivity index (χ4v) is 3.57. The number of hydrogen-bond acceptors (Lipinski definition) is 6. The van der Waals surface area contributed by atoms with E-state index in [1.54, 1.807) is 24.3 Å². The van der Waals surface area contributed by atoms with Gasteiger partial charge in [-0.15, -0.1) is 10.2 Å². The Bertz CT molecular complexity index is 1020. The second-order valence-corrected chi connectivity index (χ2v) is 7.84. The van der Waals surface area contributed by atoms with Crippen molar-refractivity contribution >= 4 is 21.7 Å². The van der Waals surface area contributed by atoms with Gasteiger partial charge in [0.1, 0.15) is 11.6 Å². The predicted octanol–water partition coefficient (Wildman–Crippen LogP) is 3.60. The van der Waals surface area contributed by atoms with Crippen LogP contribution in [0, 0.1) is 6.92 Å². The maximum absolute atomic E-state index is 12.5. The zero-order chi connectivity index (χ0) is 20.0. The second-order valence-electron chi connectivity index (χ2n) is 6.16. The molecule has 28 heavy (non-hydrogen) atoms. The van der Waals surface area contributed by atoms with Gasteiger partial charge in [0.25, 0.3) is 10.0 Å². The van der Waals surface area contributed by atoms with Crippen molar-refractivity contribution in [2.24, 2.45) is 0 Å². The first kappa shape index (κ1) is 19.6. The summed E-state index contributed by atoms with van der Waals surface area (Å²) >= 11 is 0. The Morgan fingerprint density at radius 1 is 0.964 bits per heavy atom.